The fraction of sp³-hybridized carbons (Fsp3) is 0.278. The van der Waals surface area contributed by atoms with Crippen molar-refractivity contribution < 1.29 is 0 Å². The first kappa shape index (κ1) is 12.6. The zero-order valence-electron chi connectivity index (χ0n) is 11.9. The molecule has 4 rings (SSSR count). The van der Waals surface area contributed by atoms with Gasteiger partial charge in [-0.05, 0) is 16.7 Å². The molecule has 3 N–H and O–H groups in total. The minimum absolute atomic E-state index is 0.245. The molecule has 106 valence electrons. The third-order valence-electron chi connectivity index (χ3n) is 5.06. The van der Waals surface area contributed by atoms with Crippen LogP contribution in [0.4, 0.5) is 0 Å². The summed E-state index contributed by atoms with van der Waals surface area (Å²) in [6, 6.07) is 19.0. The van der Waals surface area contributed by atoms with E-state index in [9.17, 15) is 0 Å². The van der Waals surface area contributed by atoms with Gasteiger partial charge >= 0.3 is 0 Å². The third kappa shape index (κ3) is 1.67. The summed E-state index contributed by atoms with van der Waals surface area (Å²) in [5, 5.41) is 8.12. The number of hydrogen-bond acceptors (Lipinski definition) is 2. The van der Waals surface area contributed by atoms with Gasteiger partial charge < -0.3 is 5.73 Å². The van der Waals surface area contributed by atoms with Gasteiger partial charge in [-0.3, -0.25) is 10.3 Å². The van der Waals surface area contributed by atoms with Crippen LogP contribution < -0.4 is 5.73 Å². The molecule has 0 spiro atoms. The summed E-state index contributed by atoms with van der Waals surface area (Å²) >= 11 is 0. The Labute approximate surface area is 124 Å². The summed E-state index contributed by atoms with van der Waals surface area (Å²) in [6.07, 6.45) is 0. The molecule has 0 saturated carbocycles. The minimum atomic E-state index is -0.245. The number of nitrogens with two attached hydrogens (primary N) is 1. The molecule has 2 atom stereocenters. The molecule has 0 bridgehead atoms. The Bertz CT molecular complexity index is 695. The minimum Gasteiger partial charge on any atom is -0.387 e. The van der Waals surface area contributed by atoms with Crippen LogP contribution >= 0.6 is 0 Å². The van der Waals surface area contributed by atoms with Crippen molar-refractivity contribution in [2.75, 3.05) is 13.1 Å². The fourth-order valence-electron chi connectivity index (χ4n) is 4.09. The topological polar surface area (TPSA) is 53.1 Å². The second-order valence-corrected chi connectivity index (χ2v) is 6.18. The fourth-order valence-corrected chi connectivity index (χ4v) is 4.09. The first-order valence-electron chi connectivity index (χ1n) is 7.42. The van der Waals surface area contributed by atoms with Gasteiger partial charge in [0.15, 0.2) is 0 Å². The van der Waals surface area contributed by atoms with Crippen molar-refractivity contribution >= 4 is 5.84 Å². The summed E-state index contributed by atoms with van der Waals surface area (Å²) in [5.41, 5.74) is 9.72. The van der Waals surface area contributed by atoms with Crippen molar-refractivity contribution in [3.8, 4) is 0 Å². The van der Waals surface area contributed by atoms with Gasteiger partial charge in [-0.15, -0.1) is 0 Å². The number of fused-ring (bicyclic) bond motifs is 4. The maximum Gasteiger partial charge on any atom is 0.103 e. The molecule has 1 fully saturated rings. The number of hydrogen-bond donors (Lipinski definition) is 2. The Kier molecular flexibility index (Phi) is 2.66. The van der Waals surface area contributed by atoms with Gasteiger partial charge in [-0.2, -0.15) is 0 Å². The van der Waals surface area contributed by atoms with Gasteiger partial charge in [0.05, 0.1) is 5.41 Å². The van der Waals surface area contributed by atoms with Gasteiger partial charge in [-0.1, -0.05) is 54.6 Å². The SMILES string of the molecule is N=C(N)[C@]12CN(Cc3ccccc3)C[C@H]1c1ccccc12. The van der Waals surface area contributed by atoms with Crippen LogP contribution in [0.2, 0.25) is 0 Å². The zero-order chi connectivity index (χ0) is 14.4. The summed E-state index contributed by atoms with van der Waals surface area (Å²) in [6.45, 7) is 2.78. The molecule has 0 radical (unpaired) electrons. The summed E-state index contributed by atoms with van der Waals surface area (Å²) in [4.78, 5) is 2.43. The Morgan fingerprint density at radius 1 is 1.14 bits per heavy atom. The van der Waals surface area contributed by atoms with Crippen LogP contribution in [0.1, 0.15) is 22.6 Å². The lowest BCUT2D eigenvalue weighted by Crippen LogP contribution is -2.53. The van der Waals surface area contributed by atoms with Gasteiger partial charge in [0, 0.05) is 25.6 Å². The maximum atomic E-state index is 8.12. The van der Waals surface area contributed by atoms with Crippen molar-refractivity contribution in [3.63, 3.8) is 0 Å². The molecule has 21 heavy (non-hydrogen) atoms. The highest BCUT2D eigenvalue weighted by Crippen LogP contribution is 2.56. The van der Waals surface area contributed by atoms with Crippen molar-refractivity contribution in [1.82, 2.24) is 4.90 Å². The predicted octanol–water partition coefficient (Wildman–Crippen LogP) is 2.47. The Morgan fingerprint density at radius 2 is 1.86 bits per heavy atom. The van der Waals surface area contributed by atoms with Crippen molar-refractivity contribution in [1.29, 1.82) is 5.41 Å². The second kappa shape index (κ2) is 4.43. The number of benzene rings is 2. The highest BCUT2D eigenvalue weighted by Gasteiger charge is 2.58. The van der Waals surface area contributed by atoms with E-state index < -0.39 is 0 Å². The van der Waals surface area contributed by atoms with Crippen molar-refractivity contribution in [2.45, 2.75) is 17.9 Å². The van der Waals surface area contributed by atoms with Crippen LogP contribution in [-0.4, -0.2) is 23.8 Å². The second-order valence-electron chi connectivity index (χ2n) is 6.18. The zero-order valence-corrected chi connectivity index (χ0v) is 11.9. The molecular weight excluding hydrogens is 258 g/mol. The largest absolute Gasteiger partial charge is 0.387 e. The van der Waals surface area contributed by atoms with E-state index in [-0.39, 0.29) is 5.41 Å². The van der Waals surface area contributed by atoms with Gasteiger partial charge in [0.1, 0.15) is 5.84 Å². The van der Waals surface area contributed by atoms with Gasteiger partial charge in [-0.25, -0.2) is 0 Å². The lowest BCUT2D eigenvalue weighted by molar-refractivity contribution is 0.320. The van der Waals surface area contributed by atoms with E-state index in [0.29, 0.717) is 11.8 Å². The van der Waals surface area contributed by atoms with Crippen molar-refractivity contribution in [3.05, 3.63) is 71.3 Å². The molecule has 1 saturated heterocycles. The lowest BCUT2D eigenvalue weighted by atomic mass is 9.57. The maximum absolute atomic E-state index is 8.12. The van der Waals surface area contributed by atoms with E-state index in [2.05, 4.69) is 53.4 Å². The summed E-state index contributed by atoms with van der Waals surface area (Å²) in [7, 11) is 0. The van der Waals surface area contributed by atoms with E-state index in [4.69, 9.17) is 11.1 Å². The van der Waals surface area contributed by atoms with Crippen LogP contribution in [0.3, 0.4) is 0 Å². The van der Waals surface area contributed by atoms with E-state index in [0.717, 1.165) is 19.6 Å². The monoisotopic (exact) mass is 277 g/mol. The molecule has 1 aliphatic heterocycles. The summed E-state index contributed by atoms with van der Waals surface area (Å²) in [5.74, 6) is 0.705. The molecule has 2 aliphatic rings. The standard InChI is InChI=1S/C18H19N3/c19-17(20)18-12-21(10-13-6-2-1-3-7-13)11-16(18)14-8-4-5-9-15(14)18/h1-9,16H,10-12H2,(H3,19,20)/t16-,18-/m0/s1. The van der Waals surface area contributed by atoms with Crippen LogP contribution in [0, 0.1) is 5.41 Å². The van der Waals surface area contributed by atoms with Crippen LogP contribution in [-0.2, 0) is 12.0 Å². The van der Waals surface area contributed by atoms with E-state index >= 15 is 0 Å². The number of nitrogens with one attached hydrogen (secondary N) is 1. The molecule has 1 heterocycles. The van der Waals surface area contributed by atoms with Gasteiger partial charge in [0.2, 0.25) is 0 Å². The normalized spacial score (nSPS) is 26.8. The molecule has 2 aromatic rings. The third-order valence-corrected chi connectivity index (χ3v) is 5.06. The molecule has 3 heteroatoms. The molecule has 2 aromatic carbocycles. The average Bonchev–Trinajstić information content (AvgIpc) is 2.82. The molecule has 0 amide bonds. The Balaban J connectivity index is 1.64. The lowest BCUT2D eigenvalue weighted by Gasteiger charge is -2.45. The smallest absolute Gasteiger partial charge is 0.103 e. The summed E-state index contributed by atoms with van der Waals surface area (Å²) < 4.78 is 0. The quantitative estimate of drug-likeness (QED) is 0.669. The van der Waals surface area contributed by atoms with Crippen LogP contribution in [0.15, 0.2) is 54.6 Å². The number of rotatable bonds is 3. The molecule has 3 nitrogen and oxygen atoms in total. The number of nitrogens with zero attached hydrogens (tertiary/aromatic N) is 1. The molecule has 0 aromatic heterocycles. The number of amidine groups is 1. The first-order chi connectivity index (χ1) is 10.2. The predicted molar refractivity (Wildman–Crippen MR) is 84.5 cm³/mol. The van der Waals surface area contributed by atoms with E-state index in [1.807, 2.05) is 6.07 Å². The average molecular weight is 277 g/mol. The Morgan fingerprint density at radius 3 is 2.62 bits per heavy atom. The van der Waals surface area contributed by atoms with Crippen molar-refractivity contribution in [2.24, 2.45) is 5.73 Å². The van der Waals surface area contributed by atoms with E-state index in [1.54, 1.807) is 0 Å². The highest BCUT2D eigenvalue weighted by molar-refractivity contribution is 5.95. The van der Waals surface area contributed by atoms with Crippen LogP contribution in [0.25, 0.3) is 0 Å². The van der Waals surface area contributed by atoms with Gasteiger partial charge in [0.25, 0.3) is 0 Å². The first-order valence-corrected chi connectivity index (χ1v) is 7.42. The van der Waals surface area contributed by atoms with Crippen LogP contribution in [0.5, 0.6) is 0 Å². The highest BCUT2D eigenvalue weighted by atomic mass is 15.2. The molecule has 0 unspecified atom stereocenters. The number of likely N-dealkylation sites (tertiary alicyclic amines) is 1. The van der Waals surface area contributed by atoms with E-state index in [1.165, 1.54) is 16.7 Å². The Hall–Kier alpha value is -2.13. The molecular formula is C18H19N3. The molecule has 1 aliphatic carbocycles.